The molecule has 4 atom stereocenters. The molecule has 0 spiro atoms. The second-order valence-electron chi connectivity index (χ2n) is 10.1. The minimum Gasteiger partial charge on any atom is -0.360 e. The third kappa shape index (κ3) is 6.55. The highest BCUT2D eigenvalue weighted by molar-refractivity contribution is 7.18. The summed E-state index contributed by atoms with van der Waals surface area (Å²) >= 11 is 1.66. The minimum absolute atomic E-state index is 0.0249. The highest BCUT2D eigenvalue weighted by atomic mass is 32.1. The molecule has 0 saturated carbocycles. The molecule has 0 radical (unpaired) electrons. The second-order valence-corrected chi connectivity index (χ2v) is 11.2. The number of aromatic nitrogens is 1. The van der Waals surface area contributed by atoms with Gasteiger partial charge in [-0.1, -0.05) is 48.9 Å². The van der Waals surface area contributed by atoms with Crippen LogP contribution >= 0.6 is 11.3 Å². The maximum Gasteiger partial charge on any atom is 0.225 e. The van der Waals surface area contributed by atoms with Gasteiger partial charge in [-0.3, -0.25) is 9.59 Å². The number of carbonyl (C=O) groups is 2. The molecule has 1 aromatic heterocycles. The number of hydrogen-bond acceptors (Lipinski definition) is 6. The predicted octanol–water partition coefficient (Wildman–Crippen LogP) is 4.22. The van der Waals surface area contributed by atoms with Crippen LogP contribution in [0.1, 0.15) is 55.2 Å². The van der Waals surface area contributed by atoms with Crippen molar-refractivity contribution in [2.45, 2.75) is 63.2 Å². The molecule has 196 valence electrons. The topological polar surface area (TPSA) is 101 Å². The zero-order valence-corrected chi connectivity index (χ0v) is 22.0. The average Bonchev–Trinajstić information content (AvgIpc) is 3.62. The first kappa shape index (κ1) is 25.8. The number of nitrogens with zero attached hydrogens (tertiary/aromatic N) is 2. The van der Waals surface area contributed by atoms with Gasteiger partial charge >= 0.3 is 0 Å². The Labute approximate surface area is 222 Å². The van der Waals surface area contributed by atoms with Crippen molar-refractivity contribution in [3.8, 4) is 0 Å². The van der Waals surface area contributed by atoms with Gasteiger partial charge in [0.15, 0.2) is 0 Å². The molecular formula is C29H36N4O3S. The standard InChI is InChI=1S/C29H36N4O3S/c30-17-7-6-13-23(26-27(36-26)29-32-22-12-4-5-14-24(22)37-29)31-28(35)21-11-8-18-33(19-21)25(34)16-15-20-9-2-1-3-10-20/h1-5,9-10,12,14,21,23,26-27H,6-8,11,13,15-19,30H2,(H,31,35)/t21?,23-,26?,27?/m1/s1. The first-order valence-corrected chi connectivity index (χ1v) is 14.3. The minimum atomic E-state index is -0.189. The number of rotatable bonds is 11. The SMILES string of the molecule is NCCCC[C@@H](NC(=O)C1CCCN(C(=O)CCc2ccccc2)C1)C1OC1c1nc2ccccc2s1. The number of epoxide rings is 1. The van der Waals surface area contributed by atoms with E-state index in [1.807, 2.05) is 53.4 Å². The fraction of sp³-hybridized carbons (Fsp3) is 0.483. The first-order valence-electron chi connectivity index (χ1n) is 13.5. The van der Waals surface area contributed by atoms with Crippen molar-refractivity contribution >= 4 is 33.4 Å². The number of ether oxygens (including phenoxy) is 1. The van der Waals surface area contributed by atoms with E-state index in [9.17, 15) is 9.59 Å². The van der Waals surface area contributed by atoms with Crippen molar-refractivity contribution < 1.29 is 14.3 Å². The number of nitrogens with two attached hydrogens (primary N) is 1. The maximum absolute atomic E-state index is 13.4. The molecule has 2 aromatic carbocycles. The molecule has 2 aliphatic rings. The predicted molar refractivity (Wildman–Crippen MR) is 146 cm³/mol. The Bertz CT molecular complexity index is 1170. The quantitative estimate of drug-likeness (QED) is 0.291. The van der Waals surface area contributed by atoms with E-state index in [2.05, 4.69) is 11.4 Å². The Balaban J connectivity index is 1.18. The first-order chi connectivity index (χ1) is 18.1. The van der Waals surface area contributed by atoms with Crippen LogP contribution in [-0.4, -0.2) is 53.5 Å². The Kier molecular flexibility index (Phi) is 8.48. The van der Waals surface area contributed by atoms with Crippen molar-refractivity contribution in [2.24, 2.45) is 11.7 Å². The Hall–Kier alpha value is -2.81. The number of likely N-dealkylation sites (tertiary alicyclic amines) is 1. The van der Waals surface area contributed by atoms with Crippen LogP contribution in [0.5, 0.6) is 0 Å². The number of thiazole rings is 1. The molecule has 8 heteroatoms. The van der Waals surface area contributed by atoms with E-state index in [-0.39, 0.29) is 36.0 Å². The van der Waals surface area contributed by atoms with Crippen LogP contribution in [0.4, 0.5) is 0 Å². The molecule has 37 heavy (non-hydrogen) atoms. The number of benzene rings is 2. The second kappa shape index (κ2) is 12.2. The van der Waals surface area contributed by atoms with Crippen LogP contribution in [0.3, 0.4) is 0 Å². The molecule has 0 aliphatic carbocycles. The third-order valence-electron chi connectivity index (χ3n) is 7.39. The molecule has 2 aliphatic heterocycles. The summed E-state index contributed by atoms with van der Waals surface area (Å²) in [4.78, 5) is 32.9. The van der Waals surface area contributed by atoms with Crippen molar-refractivity contribution in [3.05, 3.63) is 65.2 Å². The van der Waals surface area contributed by atoms with Crippen LogP contribution in [-0.2, 0) is 20.7 Å². The summed E-state index contributed by atoms with van der Waals surface area (Å²) in [5, 5.41) is 4.26. The van der Waals surface area contributed by atoms with E-state index in [0.717, 1.165) is 65.9 Å². The van der Waals surface area contributed by atoms with Crippen LogP contribution in [0.15, 0.2) is 54.6 Å². The van der Waals surface area contributed by atoms with E-state index in [1.165, 1.54) is 0 Å². The highest BCUT2D eigenvalue weighted by Gasteiger charge is 2.48. The van der Waals surface area contributed by atoms with E-state index >= 15 is 0 Å². The molecule has 3 heterocycles. The number of aryl methyl sites for hydroxylation is 1. The molecule has 0 bridgehead atoms. The van der Waals surface area contributed by atoms with E-state index < -0.39 is 0 Å². The van der Waals surface area contributed by atoms with Crippen LogP contribution < -0.4 is 11.1 Å². The molecule has 7 nitrogen and oxygen atoms in total. The summed E-state index contributed by atoms with van der Waals surface area (Å²) < 4.78 is 7.23. The number of nitrogens with one attached hydrogen (secondary N) is 1. The smallest absolute Gasteiger partial charge is 0.225 e. The lowest BCUT2D eigenvalue weighted by atomic mass is 9.95. The number of hydrogen-bond donors (Lipinski definition) is 2. The van der Waals surface area contributed by atoms with Gasteiger partial charge in [0.25, 0.3) is 0 Å². The average molecular weight is 521 g/mol. The number of carbonyl (C=O) groups excluding carboxylic acids is 2. The number of para-hydroxylation sites is 1. The number of unbranched alkanes of at least 4 members (excludes halogenated alkanes) is 1. The Morgan fingerprint density at radius 2 is 1.95 bits per heavy atom. The zero-order chi connectivity index (χ0) is 25.6. The fourth-order valence-electron chi connectivity index (χ4n) is 5.24. The van der Waals surface area contributed by atoms with Gasteiger partial charge < -0.3 is 20.7 Å². The van der Waals surface area contributed by atoms with Gasteiger partial charge in [-0.15, -0.1) is 11.3 Å². The van der Waals surface area contributed by atoms with Crippen molar-refractivity contribution in [3.63, 3.8) is 0 Å². The molecule has 3 unspecified atom stereocenters. The monoisotopic (exact) mass is 520 g/mol. The molecule has 3 N–H and O–H groups in total. The van der Waals surface area contributed by atoms with Crippen LogP contribution in [0, 0.1) is 5.92 Å². The largest absolute Gasteiger partial charge is 0.360 e. The van der Waals surface area contributed by atoms with Gasteiger partial charge in [-0.25, -0.2) is 4.98 Å². The van der Waals surface area contributed by atoms with Gasteiger partial charge in [0.2, 0.25) is 11.8 Å². The van der Waals surface area contributed by atoms with Gasteiger partial charge in [0.05, 0.1) is 22.2 Å². The van der Waals surface area contributed by atoms with Gasteiger partial charge in [0, 0.05) is 19.5 Å². The number of piperidine rings is 1. The molecule has 3 aromatic rings. The molecular weight excluding hydrogens is 484 g/mol. The molecule has 2 fully saturated rings. The van der Waals surface area contributed by atoms with E-state index in [0.29, 0.717) is 19.5 Å². The lowest BCUT2D eigenvalue weighted by Crippen LogP contribution is -2.48. The normalized spacial score (nSPS) is 22.1. The molecule has 2 amide bonds. The maximum atomic E-state index is 13.4. The summed E-state index contributed by atoms with van der Waals surface area (Å²) in [5.41, 5.74) is 7.87. The highest BCUT2D eigenvalue weighted by Crippen LogP contribution is 2.44. The van der Waals surface area contributed by atoms with Gasteiger partial charge in [-0.05, 0) is 56.3 Å². The lowest BCUT2D eigenvalue weighted by Gasteiger charge is -2.33. The summed E-state index contributed by atoms with van der Waals surface area (Å²) in [6.07, 6.45) is 5.36. The van der Waals surface area contributed by atoms with Crippen LogP contribution in [0.2, 0.25) is 0 Å². The molecule has 2 saturated heterocycles. The lowest BCUT2D eigenvalue weighted by molar-refractivity contribution is -0.136. The number of fused-ring (bicyclic) bond motifs is 1. The Morgan fingerprint density at radius 1 is 1.14 bits per heavy atom. The number of amides is 2. The van der Waals surface area contributed by atoms with Gasteiger partial charge in [-0.2, -0.15) is 0 Å². The summed E-state index contributed by atoms with van der Waals surface area (Å²) in [5.74, 6) is -0.0368. The van der Waals surface area contributed by atoms with Gasteiger partial charge in [0.1, 0.15) is 17.2 Å². The summed E-state index contributed by atoms with van der Waals surface area (Å²) in [7, 11) is 0. The third-order valence-corrected chi connectivity index (χ3v) is 8.49. The molecule has 5 rings (SSSR count). The van der Waals surface area contributed by atoms with Crippen molar-refractivity contribution in [2.75, 3.05) is 19.6 Å². The van der Waals surface area contributed by atoms with Crippen molar-refractivity contribution in [1.29, 1.82) is 0 Å². The van der Waals surface area contributed by atoms with Crippen molar-refractivity contribution in [1.82, 2.24) is 15.2 Å². The van der Waals surface area contributed by atoms with E-state index in [1.54, 1.807) is 11.3 Å². The Morgan fingerprint density at radius 3 is 2.76 bits per heavy atom. The fourth-order valence-corrected chi connectivity index (χ4v) is 6.28. The van der Waals surface area contributed by atoms with Crippen LogP contribution in [0.25, 0.3) is 10.2 Å². The summed E-state index contributed by atoms with van der Waals surface area (Å²) in [6, 6.07) is 18.1. The van der Waals surface area contributed by atoms with E-state index in [4.69, 9.17) is 15.5 Å². The summed E-state index contributed by atoms with van der Waals surface area (Å²) in [6.45, 7) is 1.85. The zero-order valence-electron chi connectivity index (χ0n) is 21.2.